The van der Waals surface area contributed by atoms with E-state index in [9.17, 15) is 0 Å². The lowest BCUT2D eigenvalue weighted by Gasteiger charge is -2.17. The second-order valence-corrected chi connectivity index (χ2v) is 6.75. The van der Waals surface area contributed by atoms with Gasteiger partial charge in [-0.15, -0.1) is 12.4 Å². The number of nitrogens with two attached hydrogens (primary N) is 1. The molecule has 0 bridgehead atoms. The first-order chi connectivity index (χ1) is 11.0. The Hall–Kier alpha value is -1.85. The highest BCUT2D eigenvalue weighted by molar-refractivity contribution is 5.91. The summed E-state index contributed by atoms with van der Waals surface area (Å²) in [5.74, 6) is 1.67. The van der Waals surface area contributed by atoms with Gasteiger partial charge in [0.25, 0.3) is 5.89 Å². The average molecular weight is 348 g/mol. The molecule has 6 heteroatoms. The van der Waals surface area contributed by atoms with Crippen LogP contribution in [0.25, 0.3) is 22.6 Å². The van der Waals surface area contributed by atoms with Crippen molar-refractivity contribution >= 4 is 23.4 Å². The molecule has 1 aliphatic rings. The minimum Gasteiger partial charge on any atom is -0.450 e. The minimum atomic E-state index is -0.451. The summed E-state index contributed by atoms with van der Waals surface area (Å²) in [6.45, 7) is 6.16. The second kappa shape index (κ2) is 5.90. The average Bonchev–Trinajstić information content (AvgIpc) is 3.22. The molecule has 2 aromatic heterocycles. The maximum absolute atomic E-state index is 6.42. The fourth-order valence-electron chi connectivity index (χ4n) is 3.63. The summed E-state index contributed by atoms with van der Waals surface area (Å²) in [7, 11) is 0. The predicted molar refractivity (Wildman–Crippen MR) is 95.3 cm³/mol. The number of benzene rings is 1. The van der Waals surface area contributed by atoms with Crippen molar-refractivity contribution in [2.45, 2.75) is 52.0 Å². The van der Waals surface area contributed by atoms with Crippen molar-refractivity contribution in [2.24, 2.45) is 5.73 Å². The summed E-state index contributed by atoms with van der Waals surface area (Å²) < 4.78 is 11.6. The van der Waals surface area contributed by atoms with Gasteiger partial charge in [0.1, 0.15) is 5.58 Å². The molecule has 2 N–H and O–H groups in total. The van der Waals surface area contributed by atoms with Gasteiger partial charge in [-0.05, 0) is 44.7 Å². The van der Waals surface area contributed by atoms with E-state index in [0.717, 1.165) is 47.8 Å². The molecule has 24 heavy (non-hydrogen) atoms. The second-order valence-electron chi connectivity index (χ2n) is 6.75. The maximum atomic E-state index is 6.42. The molecule has 0 unspecified atom stereocenters. The number of hydrogen-bond acceptors (Lipinski definition) is 5. The minimum absolute atomic E-state index is 0. The van der Waals surface area contributed by atoms with Gasteiger partial charge in [0, 0.05) is 10.9 Å². The van der Waals surface area contributed by atoms with Gasteiger partial charge in [-0.3, -0.25) is 0 Å². The quantitative estimate of drug-likeness (QED) is 0.735. The lowest BCUT2D eigenvalue weighted by molar-refractivity contribution is 0.369. The Labute approximate surface area is 147 Å². The van der Waals surface area contributed by atoms with Crippen LogP contribution in [0.3, 0.4) is 0 Å². The molecule has 2 heterocycles. The van der Waals surface area contributed by atoms with Crippen molar-refractivity contribution in [1.82, 2.24) is 10.1 Å². The molecule has 0 amide bonds. The predicted octanol–water partition coefficient (Wildman–Crippen LogP) is 4.56. The summed E-state index contributed by atoms with van der Waals surface area (Å²) >= 11 is 0. The van der Waals surface area contributed by atoms with Crippen LogP contribution in [0.1, 0.15) is 48.2 Å². The normalized spacial score (nSPS) is 16.5. The lowest BCUT2D eigenvalue weighted by Crippen LogP contribution is -2.34. The SMILES string of the molecule is Cc1ccc(C)c2c(C)c(-c3nc(C4(N)CCCC4)no3)oc12.Cl. The number of fused-ring (bicyclic) bond motifs is 1. The van der Waals surface area contributed by atoms with Crippen LogP contribution in [0.2, 0.25) is 0 Å². The molecule has 1 fully saturated rings. The molecule has 1 saturated carbocycles. The number of nitrogens with zero attached hydrogens (tertiary/aromatic N) is 2. The molecular weight excluding hydrogens is 326 g/mol. The molecule has 1 aliphatic carbocycles. The molecule has 5 nitrogen and oxygen atoms in total. The van der Waals surface area contributed by atoms with Crippen molar-refractivity contribution in [3.63, 3.8) is 0 Å². The highest BCUT2D eigenvalue weighted by Crippen LogP contribution is 2.38. The number of hydrogen-bond donors (Lipinski definition) is 1. The van der Waals surface area contributed by atoms with E-state index in [1.807, 2.05) is 13.8 Å². The van der Waals surface area contributed by atoms with Crippen LogP contribution < -0.4 is 5.73 Å². The standard InChI is InChI=1S/C18H21N3O2.ClH/c1-10-6-7-11(2)14-13(10)12(3)15(22-14)16-20-17(21-23-16)18(19)8-4-5-9-18;/h6-7H,4-5,8-9,19H2,1-3H3;1H. The number of rotatable bonds is 2. The van der Waals surface area contributed by atoms with Gasteiger partial charge >= 0.3 is 0 Å². The molecule has 128 valence electrons. The zero-order valence-electron chi connectivity index (χ0n) is 14.2. The Morgan fingerprint density at radius 2 is 1.75 bits per heavy atom. The highest BCUT2D eigenvalue weighted by atomic mass is 35.5. The first-order valence-corrected chi connectivity index (χ1v) is 8.12. The van der Waals surface area contributed by atoms with Crippen LogP contribution in [0, 0.1) is 20.8 Å². The van der Waals surface area contributed by atoms with Gasteiger partial charge in [0.15, 0.2) is 11.6 Å². The van der Waals surface area contributed by atoms with E-state index < -0.39 is 5.54 Å². The van der Waals surface area contributed by atoms with Crippen molar-refractivity contribution in [3.05, 3.63) is 34.6 Å². The van der Waals surface area contributed by atoms with Crippen molar-refractivity contribution < 1.29 is 8.94 Å². The van der Waals surface area contributed by atoms with Crippen LogP contribution >= 0.6 is 12.4 Å². The number of aromatic nitrogens is 2. The van der Waals surface area contributed by atoms with Crippen molar-refractivity contribution in [3.8, 4) is 11.7 Å². The van der Waals surface area contributed by atoms with Crippen molar-refractivity contribution in [1.29, 1.82) is 0 Å². The summed E-state index contributed by atoms with van der Waals surface area (Å²) in [6.07, 6.45) is 4.04. The largest absolute Gasteiger partial charge is 0.450 e. The zero-order valence-corrected chi connectivity index (χ0v) is 15.0. The van der Waals surface area contributed by atoms with E-state index in [-0.39, 0.29) is 12.4 Å². The van der Waals surface area contributed by atoms with Crippen LogP contribution in [0.15, 0.2) is 21.1 Å². The van der Waals surface area contributed by atoms with E-state index in [4.69, 9.17) is 14.7 Å². The third-order valence-corrected chi connectivity index (χ3v) is 5.04. The molecule has 3 aromatic rings. The van der Waals surface area contributed by atoms with Gasteiger partial charge in [-0.1, -0.05) is 30.1 Å². The molecular formula is C18H22ClN3O2. The van der Waals surface area contributed by atoms with Crippen LogP contribution in [0.5, 0.6) is 0 Å². The summed E-state index contributed by atoms with van der Waals surface area (Å²) in [4.78, 5) is 4.55. The molecule has 0 saturated heterocycles. The Bertz CT molecular complexity index is 891. The Kier molecular flexibility index (Phi) is 4.18. The number of aryl methyl sites for hydroxylation is 3. The third kappa shape index (κ3) is 2.43. The Morgan fingerprint density at radius 1 is 1.08 bits per heavy atom. The van der Waals surface area contributed by atoms with E-state index >= 15 is 0 Å². The van der Waals surface area contributed by atoms with E-state index in [1.165, 1.54) is 5.56 Å². The van der Waals surface area contributed by atoms with E-state index in [2.05, 4.69) is 29.2 Å². The first-order valence-electron chi connectivity index (χ1n) is 8.12. The molecule has 0 aliphatic heterocycles. The highest BCUT2D eigenvalue weighted by Gasteiger charge is 2.36. The zero-order chi connectivity index (χ0) is 16.2. The van der Waals surface area contributed by atoms with Crippen LogP contribution in [-0.2, 0) is 5.54 Å². The van der Waals surface area contributed by atoms with Gasteiger partial charge in [-0.25, -0.2) is 0 Å². The van der Waals surface area contributed by atoms with Gasteiger partial charge in [-0.2, -0.15) is 4.98 Å². The molecule has 4 rings (SSSR count). The first kappa shape index (κ1) is 17.0. The molecule has 0 spiro atoms. The number of halogens is 1. The monoisotopic (exact) mass is 347 g/mol. The Morgan fingerprint density at radius 3 is 2.42 bits per heavy atom. The van der Waals surface area contributed by atoms with E-state index in [1.54, 1.807) is 0 Å². The van der Waals surface area contributed by atoms with E-state index in [0.29, 0.717) is 17.5 Å². The lowest BCUT2D eigenvalue weighted by atomic mass is 9.99. The Balaban J connectivity index is 0.00000169. The summed E-state index contributed by atoms with van der Waals surface area (Å²) in [5.41, 5.74) is 10.2. The summed E-state index contributed by atoms with van der Waals surface area (Å²) in [5, 5.41) is 5.26. The smallest absolute Gasteiger partial charge is 0.294 e. The maximum Gasteiger partial charge on any atom is 0.294 e. The fraction of sp³-hybridized carbons (Fsp3) is 0.444. The van der Waals surface area contributed by atoms with Crippen molar-refractivity contribution in [2.75, 3.05) is 0 Å². The topological polar surface area (TPSA) is 78.1 Å². The molecule has 0 radical (unpaired) electrons. The van der Waals surface area contributed by atoms with Gasteiger partial charge in [0.05, 0.1) is 5.54 Å². The summed E-state index contributed by atoms with van der Waals surface area (Å²) in [6, 6.07) is 4.17. The van der Waals surface area contributed by atoms with Gasteiger partial charge < -0.3 is 14.7 Å². The van der Waals surface area contributed by atoms with Crippen LogP contribution in [0.4, 0.5) is 0 Å². The van der Waals surface area contributed by atoms with Crippen LogP contribution in [-0.4, -0.2) is 10.1 Å². The number of furan rings is 1. The van der Waals surface area contributed by atoms with Gasteiger partial charge in [0.2, 0.25) is 0 Å². The molecule has 0 atom stereocenters. The molecule has 1 aromatic carbocycles. The third-order valence-electron chi connectivity index (χ3n) is 5.04. The fourth-order valence-corrected chi connectivity index (χ4v) is 3.63.